The maximum atomic E-state index is 12.2. The molecular weight excluding hydrogens is 246 g/mol. The van der Waals surface area contributed by atoms with Crippen molar-refractivity contribution in [3.8, 4) is 0 Å². The number of rotatable bonds is 0. The molecule has 0 amide bonds. The molecule has 92 valence electrons. The van der Waals surface area contributed by atoms with Crippen LogP contribution in [0, 0.1) is 10.6 Å². The zero-order valence-electron chi connectivity index (χ0n) is 10.2. The van der Waals surface area contributed by atoms with Crippen LogP contribution in [-0.2, 0) is 0 Å². The monoisotopic (exact) mass is 259 g/mol. The summed E-state index contributed by atoms with van der Waals surface area (Å²) in [5, 5.41) is 12.8. The third-order valence-electron chi connectivity index (χ3n) is 3.81. The van der Waals surface area contributed by atoms with Gasteiger partial charge in [-0.05, 0) is 30.9 Å². The molecule has 2 aliphatic carbocycles. The van der Waals surface area contributed by atoms with Crippen molar-refractivity contribution < 1.29 is 4.74 Å². The zero-order valence-corrected chi connectivity index (χ0v) is 10.9. The molecule has 2 nitrogen and oxygen atoms in total. The Morgan fingerprint density at radius 2 is 2.28 bits per heavy atom. The van der Waals surface area contributed by atoms with E-state index in [2.05, 4.69) is 18.2 Å². The number of hydrogen-bond donors (Lipinski definition) is 0. The largest absolute Gasteiger partial charge is 0.618 e. The van der Waals surface area contributed by atoms with Crippen molar-refractivity contribution in [3.63, 3.8) is 0 Å². The predicted molar refractivity (Wildman–Crippen MR) is 74.4 cm³/mol. The second kappa shape index (κ2) is 3.99. The van der Waals surface area contributed by atoms with Crippen molar-refractivity contribution in [2.45, 2.75) is 19.8 Å². The van der Waals surface area contributed by atoms with Gasteiger partial charge in [-0.3, -0.25) is 0 Å². The number of allylic oxidation sites excluding steroid dienone is 9. The minimum atomic E-state index is -0.303. The molecule has 0 saturated heterocycles. The summed E-state index contributed by atoms with van der Waals surface area (Å²) >= 11 is 6.18. The molecular formula is C15H14ClNO. The Morgan fingerprint density at radius 3 is 3.11 bits per heavy atom. The first kappa shape index (κ1) is 11.5. The minimum absolute atomic E-state index is 0.303. The second-order valence-electron chi connectivity index (χ2n) is 4.91. The first-order valence-corrected chi connectivity index (χ1v) is 6.48. The molecule has 0 aromatic rings. The summed E-state index contributed by atoms with van der Waals surface area (Å²) in [4.78, 5) is 0. The van der Waals surface area contributed by atoms with Gasteiger partial charge < -0.3 is 5.21 Å². The van der Waals surface area contributed by atoms with Gasteiger partial charge in [0.15, 0.2) is 6.20 Å². The molecule has 3 aliphatic rings. The Bertz CT molecular complexity index is 590. The Balaban J connectivity index is 2.30. The van der Waals surface area contributed by atoms with E-state index in [0.717, 1.165) is 34.4 Å². The maximum Gasteiger partial charge on any atom is 0.208 e. The van der Waals surface area contributed by atoms with Crippen molar-refractivity contribution in [1.82, 2.24) is 0 Å². The van der Waals surface area contributed by atoms with E-state index in [1.807, 2.05) is 19.1 Å². The van der Waals surface area contributed by atoms with Crippen LogP contribution in [0.25, 0.3) is 0 Å². The fraction of sp³-hybridized carbons (Fsp3) is 0.267. The van der Waals surface area contributed by atoms with Gasteiger partial charge >= 0.3 is 0 Å². The zero-order chi connectivity index (χ0) is 12.8. The Hall–Kier alpha value is -1.54. The molecule has 0 saturated carbocycles. The average Bonchev–Trinajstić information content (AvgIpc) is 2.48. The third-order valence-corrected chi connectivity index (χ3v) is 4.22. The highest BCUT2D eigenvalue weighted by molar-refractivity contribution is 6.34. The lowest BCUT2D eigenvalue weighted by atomic mass is 9.67. The Kier molecular flexibility index (Phi) is 2.56. The molecule has 1 atom stereocenters. The molecule has 0 N–H and O–H groups in total. The van der Waals surface area contributed by atoms with Crippen LogP contribution < -0.4 is 0 Å². The van der Waals surface area contributed by atoms with Crippen LogP contribution in [0.3, 0.4) is 0 Å². The van der Waals surface area contributed by atoms with Gasteiger partial charge in [0, 0.05) is 17.2 Å². The quantitative estimate of drug-likeness (QED) is 0.480. The van der Waals surface area contributed by atoms with E-state index in [0.29, 0.717) is 5.03 Å². The molecule has 0 fully saturated rings. The lowest BCUT2D eigenvalue weighted by Gasteiger charge is -2.35. The highest BCUT2D eigenvalue weighted by Gasteiger charge is 2.44. The Morgan fingerprint density at radius 1 is 1.44 bits per heavy atom. The van der Waals surface area contributed by atoms with Crippen LogP contribution in [0.5, 0.6) is 0 Å². The summed E-state index contributed by atoms with van der Waals surface area (Å²) < 4.78 is 0.938. The molecule has 0 radical (unpaired) electrons. The van der Waals surface area contributed by atoms with E-state index < -0.39 is 0 Å². The van der Waals surface area contributed by atoms with Gasteiger partial charge in [0.2, 0.25) is 5.71 Å². The smallest absolute Gasteiger partial charge is 0.208 e. The fourth-order valence-electron chi connectivity index (χ4n) is 2.89. The number of hydrogen-bond acceptors (Lipinski definition) is 1. The predicted octanol–water partition coefficient (Wildman–Crippen LogP) is 3.81. The van der Waals surface area contributed by atoms with Gasteiger partial charge in [0.05, 0.1) is 0 Å². The molecule has 0 bridgehead atoms. The normalized spacial score (nSPS) is 30.0. The maximum absolute atomic E-state index is 12.2. The van der Waals surface area contributed by atoms with Crippen LogP contribution in [-0.4, -0.2) is 10.5 Å². The van der Waals surface area contributed by atoms with Crippen molar-refractivity contribution in [2.24, 2.45) is 5.41 Å². The topological polar surface area (TPSA) is 26.1 Å². The van der Waals surface area contributed by atoms with Gasteiger partial charge in [-0.15, -0.1) is 0 Å². The van der Waals surface area contributed by atoms with Crippen LogP contribution >= 0.6 is 11.6 Å². The van der Waals surface area contributed by atoms with Crippen LogP contribution in [0.4, 0.5) is 0 Å². The standard InChI is InChI=1S/C15H14ClNO/c1-11-10-15-7-3-2-5-12(15)6-4-8-17(18)14(15)9-13(11)16/h2,4-6,8-10H,3,7H2,1H3. The minimum Gasteiger partial charge on any atom is -0.618 e. The number of hydroxylamine groups is 1. The molecule has 0 aromatic carbocycles. The molecule has 18 heavy (non-hydrogen) atoms. The first-order chi connectivity index (χ1) is 8.63. The molecule has 3 heteroatoms. The van der Waals surface area contributed by atoms with E-state index in [1.165, 1.54) is 0 Å². The first-order valence-electron chi connectivity index (χ1n) is 6.10. The van der Waals surface area contributed by atoms with Crippen molar-refractivity contribution in [2.75, 3.05) is 0 Å². The molecule has 1 aliphatic heterocycles. The lowest BCUT2D eigenvalue weighted by Crippen LogP contribution is -2.37. The SMILES string of the molecule is CC1=CC23CCC=CC2=CC=C[N+]([O-])=C3C=C1Cl. The highest BCUT2D eigenvalue weighted by atomic mass is 35.5. The van der Waals surface area contributed by atoms with E-state index in [4.69, 9.17) is 11.6 Å². The summed E-state index contributed by atoms with van der Waals surface area (Å²) in [6.07, 6.45) is 15.5. The second-order valence-corrected chi connectivity index (χ2v) is 5.31. The number of nitrogens with zero attached hydrogens (tertiary/aromatic N) is 1. The summed E-state index contributed by atoms with van der Waals surface area (Å²) in [6.45, 7) is 1.99. The van der Waals surface area contributed by atoms with Crippen LogP contribution in [0.15, 0.2) is 58.8 Å². The van der Waals surface area contributed by atoms with E-state index >= 15 is 0 Å². The molecule has 1 heterocycles. The van der Waals surface area contributed by atoms with Gasteiger partial charge in [0.25, 0.3) is 0 Å². The molecule has 1 unspecified atom stereocenters. The van der Waals surface area contributed by atoms with Crippen LogP contribution in [0.1, 0.15) is 19.8 Å². The molecule has 0 aromatic heterocycles. The Labute approximate surface area is 112 Å². The average molecular weight is 260 g/mol. The van der Waals surface area contributed by atoms with E-state index in [9.17, 15) is 5.21 Å². The molecule has 3 rings (SSSR count). The number of halogens is 1. The van der Waals surface area contributed by atoms with Gasteiger partial charge in [0.1, 0.15) is 5.41 Å². The van der Waals surface area contributed by atoms with Crippen LogP contribution in [0.2, 0.25) is 0 Å². The van der Waals surface area contributed by atoms with Gasteiger partial charge in [-0.1, -0.05) is 35.9 Å². The van der Waals surface area contributed by atoms with Gasteiger partial charge in [-0.2, -0.15) is 4.74 Å². The summed E-state index contributed by atoms with van der Waals surface area (Å²) in [6, 6.07) is 0. The van der Waals surface area contributed by atoms with Crippen molar-refractivity contribution in [1.29, 1.82) is 0 Å². The van der Waals surface area contributed by atoms with E-state index in [-0.39, 0.29) is 5.41 Å². The van der Waals surface area contributed by atoms with Crippen molar-refractivity contribution >= 4 is 17.3 Å². The van der Waals surface area contributed by atoms with E-state index in [1.54, 1.807) is 12.3 Å². The third kappa shape index (κ3) is 1.52. The van der Waals surface area contributed by atoms with Gasteiger partial charge in [-0.25, -0.2) is 0 Å². The summed E-state index contributed by atoms with van der Waals surface area (Å²) in [5.74, 6) is 0. The summed E-state index contributed by atoms with van der Waals surface area (Å²) in [7, 11) is 0. The lowest BCUT2D eigenvalue weighted by molar-refractivity contribution is -0.381. The fourth-order valence-corrected chi connectivity index (χ4v) is 3.05. The molecule has 1 spiro atoms. The van der Waals surface area contributed by atoms with Crippen molar-refractivity contribution in [3.05, 3.63) is 64.0 Å². The summed E-state index contributed by atoms with van der Waals surface area (Å²) in [5.41, 5.74) is 2.63. The highest BCUT2D eigenvalue weighted by Crippen LogP contribution is 2.45.